The van der Waals surface area contributed by atoms with Crippen molar-refractivity contribution in [3.05, 3.63) is 24.3 Å². The van der Waals surface area contributed by atoms with Gasteiger partial charge in [0.25, 0.3) is 0 Å². The highest BCUT2D eigenvalue weighted by atomic mass is 16.3. The van der Waals surface area contributed by atoms with Crippen molar-refractivity contribution in [3.63, 3.8) is 0 Å². The van der Waals surface area contributed by atoms with Gasteiger partial charge in [-0.15, -0.1) is 6.58 Å². The lowest BCUT2D eigenvalue weighted by molar-refractivity contribution is -0.143. The summed E-state index contributed by atoms with van der Waals surface area (Å²) >= 11 is 0. The van der Waals surface area contributed by atoms with Crippen molar-refractivity contribution in [2.24, 2.45) is 34.5 Å². The minimum absolute atomic E-state index is 0.0572. The summed E-state index contributed by atoms with van der Waals surface area (Å²) in [5, 5.41) is 20.4. The van der Waals surface area contributed by atoms with Gasteiger partial charge in [0.05, 0.1) is 12.2 Å². The number of allylic oxidation sites excluding steroid dienone is 3. The first-order valence-corrected chi connectivity index (χ1v) is 10.5. The summed E-state index contributed by atoms with van der Waals surface area (Å²) < 4.78 is 0. The molecule has 2 N–H and O–H groups in total. The number of fused-ring (bicyclic) bond motifs is 5. The third-order valence-corrected chi connectivity index (χ3v) is 8.66. The van der Waals surface area contributed by atoms with E-state index < -0.39 is 12.2 Å². The van der Waals surface area contributed by atoms with Gasteiger partial charge in [0, 0.05) is 18.3 Å². The Kier molecular flexibility index (Phi) is 4.51. The standard InChI is InChI=1S/C23H32O4/c1-4-5-18(24)16-7-6-14-13-10-19(25)17-11-20(26)21(27)12-23(17,3)15(13)8-9-22(14,16)2/h4,10,14-17,20-21,26-27H,1,5-9,11-12H2,2-3H3/t14?,15?,16-,17+,20-,21+,22+,23-/m1/s1. The van der Waals surface area contributed by atoms with Crippen LogP contribution in [0.25, 0.3) is 0 Å². The Balaban J connectivity index is 1.69. The Morgan fingerprint density at radius 1 is 1.15 bits per heavy atom. The molecule has 0 saturated heterocycles. The topological polar surface area (TPSA) is 74.6 Å². The average Bonchev–Trinajstić information content (AvgIpc) is 2.95. The molecule has 3 saturated carbocycles. The average molecular weight is 373 g/mol. The first-order valence-electron chi connectivity index (χ1n) is 10.5. The molecular formula is C23H32O4. The second kappa shape index (κ2) is 6.38. The molecule has 0 aromatic rings. The van der Waals surface area contributed by atoms with E-state index >= 15 is 0 Å². The number of aliphatic hydroxyl groups is 2. The predicted molar refractivity (Wildman–Crippen MR) is 103 cm³/mol. The molecule has 27 heavy (non-hydrogen) atoms. The summed E-state index contributed by atoms with van der Waals surface area (Å²) in [6.45, 7) is 8.10. The molecule has 8 atom stereocenters. The van der Waals surface area contributed by atoms with Crippen LogP contribution in [0.2, 0.25) is 0 Å². The lowest BCUT2D eigenvalue weighted by atomic mass is 9.47. The minimum Gasteiger partial charge on any atom is -0.390 e. The third kappa shape index (κ3) is 2.63. The fourth-order valence-corrected chi connectivity index (χ4v) is 7.21. The van der Waals surface area contributed by atoms with Crippen LogP contribution < -0.4 is 0 Å². The largest absolute Gasteiger partial charge is 0.390 e. The second-order valence-corrected chi connectivity index (χ2v) is 9.92. The summed E-state index contributed by atoms with van der Waals surface area (Å²) in [7, 11) is 0. The molecule has 0 amide bonds. The van der Waals surface area contributed by atoms with Gasteiger partial charge < -0.3 is 10.2 Å². The Morgan fingerprint density at radius 3 is 2.56 bits per heavy atom. The molecule has 0 aromatic carbocycles. The maximum absolute atomic E-state index is 13.0. The van der Waals surface area contributed by atoms with Crippen LogP contribution in [0.3, 0.4) is 0 Å². The number of Topliss-reactive ketones (excluding diaryl/α,β-unsaturated/α-hetero) is 1. The monoisotopic (exact) mass is 372 g/mol. The lowest BCUT2D eigenvalue weighted by Gasteiger charge is -2.57. The number of carbonyl (C=O) groups is 2. The van der Waals surface area contributed by atoms with Gasteiger partial charge in [-0.25, -0.2) is 0 Å². The van der Waals surface area contributed by atoms with E-state index in [1.165, 1.54) is 5.57 Å². The van der Waals surface area contributed by atoms with Crippen molar-refractivity contribution in [1.29, 1.82) is 0 Å². The Bertz CT molecular complexity index is 709. The van der Waals surface area contributed by atoms with Gasteiger partial charge in [0.15, 0.2) is 5.78 Å². The van der Waals surface area contributed by atoms with E-state index in [1.54, 1.807) is 6.08 Å². The molecule has 2 unspecified atom stereocenters. The molecular weight excluding hydrogens is 340 g/mol. The molecule has 4 nitrogen and oxygen atoms in total. The molecule has 0 aromatic heterocycles. The molecule has 0 bridgehead atoms. The maximum atomic E-state index is 13.0. The molecule has 0 heterocycles. The van der Waals surface area contributed by atoms with E-state index in [4.69, 9.17) is 0 Å². The van der Waals surface area contributed by atoms with E-state index in [-0.39, 0.29) is 46.1 Å². The number of carbonyl (C=O) groups excluding carboxylic acids is 2. The summed E-state index contributed by atoms with van der Waals surface area (Å²) in [5.74, 6) is 0.807. The van der Waals surface area contributed by atoms with Gasteiger partial charge in [-0.05, 0) is 67.3 Å². The van der Waals surface area contributed by atoms with Crippen LogP contribution >= 0.6 is 0 Å². The zero-order valence-electron chi connectivity index (χ0n) is 16.5. The highest BCUT2D eigenvalue weighted by molar-refractivity contribution is 5.94. The van der Waals surface area contributed by atoms with Crippen molar-refractivity contribution in [3.8, 4) is 0 Å². The van der Waals surface area contributed by atoms with E-state index in [9.17, 15) is 19.8 Å². The molecule has 0 aliphatic heterocycles. The zero-order valence-corrected chi connectivity index (χ0v) is 16.5. The highest BCUT2D eigenvalue weighted by Gasteiger charge is 2.61. The van der Waals surface area contributed by atoms with E-state index in [0.717, 1.165) is 25.7 Å². The van der Waals surface area contributed by atoms with Gasteiger partial charge in [0.1, 0.15) is 5.78 Å². The fourth-order valence-electron chi connectivity index (χ4n) is 7.21. The number of hydrogen-bond acceptors (Lipinski definition) is 4. The molecule has 3 fully saturated rings. The second-order valence-electron chi connectivity index (χ2n) is 9.92. The number of rotatable bonds is 3. The number of hydrogen-bond donors (Lipinski definition) is 2. The quantitative estimate of drug-likeness (QED) is 0.746. The van der Waals surface area contributed by atoms with Crippen LogP contribution in [0.5, 0.6) is 0 Å². The van der Waals surface area contributed by atoms with Gasteiger partial charge in [-0.1, -0.05) is 25.5 Å². The van der Waals surface area contributed by atoms with Gasteiger partial charge in [0.2, 0.25) is 0 Å². The van der Waals surface area contributed by atoms with Crippen LogP contribution in [0.4, 0.5) is 0 Å². The van der Waals surface area contributed by atoms with Crippen molar-refractivity contribution in [1.82, 2.24) is 0 Å². The zero-order chi connectivity index (χ0) is 19.6. The maximum Gasteiger partial charge on any atom is 0.159 e. The van der Waals surface area contributed by atoms with Gasteiger partial charge in [-0.3, -0.25) is 9.59 Å². The minimum atomic E-state index is -0.803. The highest BCUT2D eigenvalue weighted by Crippen LogP contribution is 2.65. The molecule has 4 heteroatoms. The van der Waals surface area contributed by atoms with Crippen LogP contribution in [-0.2, 0) is 9.59 Å². The van der Waals surface area contributed by atoms with Gasteiger partial charge >= 0.3 is 0 Å². The molecule has 4 aliphatic rings. The SMILES string of the molecule is C=CCC(=O)[C@H]1CCC2C3=CC(=O)[C@@H]4C[C@@H](O)[C@@H](O)C[C@]4(C)C3CC[C@@]21C. The van der Waals surface area contributed by atoms with Crippen molar-refractivity contribution >= 4 is 11.6 Å². The number of ketones is 2. The molecule has 148 valence electrons. The number of aliphatic hydroxyl groups excluding tert-OH is 2. The Morgan fingerprint density at radius 2 is 1.85 bits per heavy atom. The smallest absolute Gasteiger partial charge is 0.159 e. The van der Waals surface area contributed by atoms with Crippen molar-refractivity contribution < 1.29 is 19.8 Å². The van der Waals surface area contributed by atoms with E-state index in [0.29, 0.717) is 19.3 Å². The molecule has 0 radical (unpaired) electrons. The third-order valence-electron chi connectivity index (χ3n) is 8.66. The normalized spacial score (nSPS) is 48.9. The summed E-state index contributed by atoms with van der Waals surface area (Å²) in [4.78, 5) is 25.7. The van der Waals surface area contributed by atoms with Crippen LogP contribution in [0, 0.1) is 34.5 Å². The summed E-state index contributed by atoms with van der Waals surface area (Å²) in [5.41, 5.74) is 0.869. The predicted octanol–water partition coefficient (Wildman–Crippen LogP) is 3.22. The first kappa shape index (κ1) is 19.1. The lowest BCUT2D eigenvalue weighted by Crippen LogP contribution is -2.56. The fraction of sp³-hybridized carbons (Fsp3) is 0.739. The van der Waals surface area contributed by atoms with Gasteiger partial charge in [-0.2, -0.15) is 0 Å². The van der Waals surface area contributed by atoms with Crippen LogP contribution in [0.15, 0.2) is 24.3 Å². The molecule has 4 rings (SSSR count). The van der Waals surface area contributed by atoms with Crippen LogP contribution in [0.1, 0.15) is 58.8 Å². The Labute approximate surface area is 161 Å². The van der Waals surface area contributed by atoms with E-state index in [2.05, 4.69) is 20.4 Å². The summed E-state index contributed by atoms with van der Waals surface area (Å²) in [6.07, 6.45) is 7.09. The van der Waals surface area contributed by atoms with Crippen LogP contribution in [-0.4, -0.2) is 34.0 Å². The molecule has 4 aliphatic carbocycles. The summed E-state index contributed by atoms with van der Waals surface area (Å²) in [6, 6.07) is 0. The molecule has 0 spiro atoms. The Hall–Kier alpha value is -1.26. The van der Waals surface area contributed by atoms with E-state index in [1.807, 2.05) is 6.08 Å². The first-order chi connectivity index (χ1) is 12.7. The van der Waals surface area contributed by atoms with Crippen molar-refractivity contribution in [2.75, 3.05) is 0 Å². The van der Waals surface area contributed by atoms with Crippen molar-refractivity contribution in [2.45, 2.75) is 71.0 Å².